The molecule has 1 aromatic rings. The maximum atomic E-state index is 12.4. The third kappa shape index (κ3) is 4.07. The first-order chi connectivity index (χ1) is 9.70. The smallest absolute Gasteiger partial charge is 0.223 e. The topological polar surface area (TPSA) is 46.3 Å². The van der Waals surface area contributed by atoms with Crippen molar-refractivity contribution in [2.75, 3.05) is 13.1 Å². The lowest BCUT2D eigenvalue weighted by atomic mass is 10.1. The van der Waals surface area contributed by atoms with Crippen molar-refractivity contribution in [1.82, 2.24) is 4.90 Å². The number of amides is 1. The molecule has 0 radical (unpaired) electrons. The largest absolute Gasteiger partial charge is 0.338 e. The molecule has 0 bridgehead atoms. The number of nitrogens with two attached hydrogens (primary N) is 1. The van der Waals surface area contributed by atoms with Crippen molar-refractivity contribution < 1.29 is 4.79 Å². The second-order valence-electron chi connectivity index (χ2n) is 5.82. The van der Waals surface area contributed by atoms with Gasteiger partial charge in [0.05, 0.1) is 0 Å². The fourth-order valence-corrected chi connectivity index (χ4v) is 3.01. The predicted molar refractivity (Wildman–Crippen MR) is 82.5 cm³/mol. The summed E-state index contributed by atoms with van der Waals surface area (Å²) in [6.45, 7) is 3.56. The standard InChI is InChI=1S/C17H26N2O/c1-14-6-5-7-15(12-14)9-10-17(20)19-11-4-2-3-8-16(19)13-18/h5-7,12,16H,2-4,8-11,13,18H2,1H3. The Hall–Kier alpha value is -1.35. The molecule has 0 aromatic heterocycles. The fourth-order valence-electron chi connectivity index (χ4n) is 3.01. The molecule has 1 fully saturated rings. The van der Waals surface area contributed by atoms with Crippen molar-refractivity contribution in [2.45, 2.75) is 51.5 Å². The van der Waals surface area contributed by atoms with Crippen LogP contribution in [0.4, 0.5) is 0 Å². The van der Waals surface area contributed by atoms with E-state index in [0.717, 1.165) is 25.8 Å². The molecule has 0 aliphatic carbocycles. The third-order valence-electron chi connectivity index (χ3n) is 4.18. The van der Waals surface area contributed by atoms with Gasteiger partial charge in [0.2, 0.25) is 5.91 Å². The Morgan fingerprint density at radius 3 is 2.95 bits per heavy atom. The number of hydrogen-bond acceptors (Lipinski definition) is 2. The normalized spacial score (nSPS) is 19.7. The molecular weight excluding hydrogens is 248 g/mol. The second-order valence-corrected chi connectivity index (χ2v) is 5.82. The van der Waals surface area contributed by atoms with Gasteiger partial charge >= 0.3 is 0 Å². The Morgan fingerprint density at radius 1 is 1.35 bits per heavy atom. The molecule has 1 amide bonds. The van der Waals surface area contributed by atoms with Gasteiger partial charge in [-0.3, -0.25) is 4.79 Å². The summed E-state index contributed by atoms with van der Waals surface area (Å²) >= 11 is 0. The van der Waals surface area contributed by atoms with Crippen LogP contribution < -0.4 is 5.73 Å². The zero-order chi connectivity index (χ0) is 14.4. The van der Waals surface area contributed by atoms with Crippen molar-refractivity contribution in [3.8, 4) is 0 Å². The molecule has 2 rings (SSSR count). The molecule has 0 saturated carbocycles. The number of hydrogen-bond donors (Lipinski definition) is 1. The highest BCUT2D eigenvalue weighted by Crippen LogP contribution is 2.18. The molecule has 1 aliphatic heterocycles. The molecule has 1 aromatic carbocycles. The minimum atomic E-state index is 0.252. The maximum absolute atomic E-state index is 12.4. The first kappa shape index (κ1) is 15.0. The fraction of sp³-hybridized carbons (Fsp3) is 0.588. The summed E-state index contributed by atoms with van der Waals surface area (Å²) in [5.74, 6) is 0.267. The minimum Gasteiger partial charge on any atom is -0.338 e. The number of aryl methyl sites for hydroxylation is 2. The van der Waals surface area contributed by atoms with Crippen LogP contribution in [0.15, 0.2) is 24.3 Å². The number of benzene rings is 1. The monoisotopic (exact) mass is 274 g/mol. The van der Waals surface area contributed by atoms with Gasteiger partial charge in [-0.25, -0.2) is 0 Å². The van der Waals surface area contributed by atoms with Crippen molar-refractivity contribution in [3.63, 3.8) is 0 Å². The van der Waals surface area contributed by atoms with E-state index in [1.807, 2.05) is 4.90 Å². The summed E-state index contributed by atoms with van der Waals surface area (Å²) in [5.41, 5.74) is 8.34. The zero-order valence-corrected chi connectivity index (χ0v) is 12.5. The van der Waals surface area contributed by atoms with Gasteiger partial charge in [0.15, 0.2) is 0 Å². The number of carbonyl (C=O) groups excluding carboxylic acids is 1. The van der Waals surface area contributed by atoms with E-state index >= 15 is 0 Å². The summed E-state index contributed by atoms with van der Waals surface area (Å²) in [4.78, 5) is 14.5. The lowest BCUT2D eigenvalue weighted by Gasteiger charge is -2.29. The Labute approximate surface area is 122 Å². The van der Waals surface area contributed by atoms with Crippen molar-refractivity contribution in [3.05, 3.63) is 35.4 Å². The van der Waals surface area contributed by atoms with Gasteiger partial charge in [-0.1, -0.05) is 42.7 Å². The molecule has 3 nitrogen and oxygen atoms in total. The third-order valence-corrected chi connectivity index (χ3v) is 4.18. The van der Waals surface area contributed by atoms with Crippen molar-refractivity contribution in [2.24, 2.45) is 5.73 Å². The van der Waals surface area contributed by atoms with Crippen LogP contribution in [0.2, 0.25) is 0 Å². The van der Waals surface area contributed by atoms with Crippen LogP contribution in [0.5, 0.6) is 0 Å². The highest BCUT2D eigenvalue weighted by Gasteiger charge is 2.23. The lowest BCUT2D eigenvalue weighted by molar-refractivity contribution is -0.133. The van der Waals surface area contributed by atoms with Gasteiger partial charge in [-0.15, -0.1) is 0 Å². The van der Waals surface area contributed by atoms with E-state index in [0.29, 0.717) is 13.0 Å². The van der Waals surface area contributed by atoms with E-state index < -0.39 is 0 Å². The highest BCUT2D eigenvalue weighted by molar-refractivity contribution is 5.76. The molecule has 1 saturated heterocycles. The number of likely N-dealkylation sites (tertiary alicyclic amines) is 1. The van der Waals surface area contributed by atoms with Gasteiger partial charge < -0.3 is 10.6 Å². The molecule has 20 heavy (non-hydrogen) atoms. The Kier molecular flexibility index (Phi) is 5.60. The molecule has 3 heteroatoms. The van der Waals surface area contributed by atoms with Crippen LogP contribution >= 0.6 is 0 Å². The lowest BCUT2D eigenvalue weighted by Crippen LogP contribution is -2.44. The van der Waals surface area contributed by atoms with E-state index in [1.54, 1.807) is 0 Å². The van der Waals surface area contributed by atoms with Crippen LogP contribution in [0, 0.1) is 6.92 Å². The molecule has 0 spiro atoms. The van der Waals surface area contributed by atoms with E-state index in [4.69, 9.17) is 5.73 Å². The molecule has 110 valence electrons. The van der Waals surface area contributed by atoms with Gasteiger partial charge in [0, 0.05) is 25.6 Å². The summed E-state index contributed by atoms with van der Waals surface area (Å²) in [5, 5.41) is 0. The van der Waals surface area contributed by atoms with E-state index in [9.17, 15) is 4.79 Å². The first-order valence-corrected chi connectivity index (χ1v) is 7.76. The SMILES string of the molecule is Cc1cccc(CCC(=O)N2CCCCCC2CN)c1. The van der Waals surface area contributed by atoms with Gasteiger partial charge in [0.25, 0.3) is 0 Å². The summed E-state index contributed by atoms with van der Waals surface area (Å²) in [6.07, 6.45) is 6.02. The van der Waals surface area contributed by atoms with Crippen molar-refractivity contribution in [1.29, 1.82) is 0 Å². The number of nitrogens with zero attached hydrogens (tertiary/aromatic N) is 1. The summed E-state index contributed by atoms with van der Waals surface area (Å²) in [7, 11) is 0. The molecular formula is C17H26N2O. The summed E-state index contributed by atoms with van der Waals surface area (Å²) in [6, 6.07) is 8.66. The van der Waals surface area contributed by atoms with E-state index in [2.05, 4.69) is 31.2 Å². The quantitative estimate of drug-likeness (QED) is 0.917. The number of carbonyl (C=O) groups is 1. The Balaban J connectivity index is 1.92. The molecule has 1 aliphatic rings. The van der Waals surface area contributed by atoms with Crippen LogP contribution in [0.1, 0.15) is 43.2 Å². The zero-order valence-electron chi connectivity index (χ0n) is 12.5. The summed E-state index contributed by atoms with van der Waals surface area (Å²) < 4.78 is 0. The molecule has 1 unspecified atom stereocenters. The van der Waals surface area contributed by atoms with Crippen LogP contribution in [0.25, 0.3) is 0 Å². The van der Waals surface area contributed by atoms with E-state index in [-0.39, 0.29) is 11.9 Å². The first-order valence-electron chi connectivity index (χ1n) is 7.76. The van der Waals surface area contributed by atoms with Gasteiger partial charge in [-0.05, 0) is 31.7 Å². The Morgan fingerprint density at radius 2 is 2.20 bits per heavy atom. The Bertz CT molecular complexity index is 444. The maximum Gasteiger partial charge on any atom is 0.223 e. The van der Waals surface area contributed by atoms with E-state index in [1.165, 1.54) is 24.0 Å². The second kappa shape index (κ2) is 7.44. The average molecular weight is 274 g/mol. The predicted octanol–water partition coefficient (Wildman–Crippen LogP) is 2.66. The number of rotatable bonds is 4. The molecule has 1 atom stereocenters. The van der Waals surface area contributed by atoms with Crippen LogP contribution in [0.3, 0.4) is 0 Å². The van der Waals surface area contributed by atoms with Gasteiger partial charge in [0.1, 0.15) is 0 Å². The minimum absolute atomic E-state index is 0.252. The highest BCUT2D eigenvalue weighted by atomic mass is 16.2. The average Bonchev–Trinajstić information content (AvgIpc) is 2.70. The molecule has 1 heterocycles. The van der Waals surface area contributed by atoms with Crippen LogP contribution in [-0.4, -0.2) is 29.9 Å². The van der Waals surface area contributed by atoms with Gasteiger partial charge in [-0.2, -0.15) is 0 Å². The van der Waals surface area contributed by atoms with Crippen molar-refractivity contribution >= 4 is 5.91 Å². The van der Waals surface area contributed by atoms with Crippen LogP contribution in [-0.2, 0) is 11.2 Å². The molecule has 2 N–H and O–H groups in total.